The highest BCUT2D eigenvalue weighted by Gasteiger charge is 2.28. The van der Waals surface area contributed by atoms with Gasteiger partial charge in [0.15, 0.2) is 0 Å². The molecule has 0 aliphatic heterocycles. The van der Waals surface area contributed by atoms with E-state index in [0.717, 1.165) is 6.42 Å². The van der Waals surface area contributed by atoms with E-state index in [2.05, 4.69) is 34.6 Å². The second kappa shape index (κ2) is 7.33. The summed E-state index contributed by atoms with van der Waals surface area (Å²) >= 11 is 0. The molecule has 0 N–H and O–H groups in total. The summed E-state index contributed by atoms with van der Waals surface area (Å²) in [5.41, 5.74) is 0.135. The highest BCUT2D eigenvalue weighted by atomic mass is 31.1. The van der Waals surface area contributed by atoms with E-state index in [-0.39, 0.29) is 32.4 Å². The number of carbonyl (C=O) groups excluding carboxylic acids is 1. The first-order chi connectivity index (χ1) is 7.63. The Morgan fingerprint density at radius 3 is 2.06 bits per heavy atom. The van der Waals surface area contributed by atoms with Crippen LogP contribution in [0, 0.1) is 17.3 Å². The molecule has 4 heteroatoms. The van der Waals surface area contributed by atoms with E-state index in [9.17, 15) is 4.79 Å². The fourth-order valence-electron chi connectivity index (χ4n) is 1.49. The van der Waals surface area contributed by atoms with E-state index in [1.165, 1.54) is 0 Å². The Kier molecular flexibility index (Phi) is 7.27. The Bertz CT molecular complexity index is 231. The molecule has 0 aromatic heterocycles. The summed E-state index contributed by atoms with van der Waals surface area (Å²) in [5.74, 6) is 0.123. The van der Waals surface area contributed by atoms with Gasteiger partial charge in [-0.05, 0) is 31.6 Å². The monoisotopic (exact) mass is 262 g/mol. The van der Waals surface area contributed by atoms with Crippen LogP contribution in [-0.2, 0) is 13.8 Å². The summed E-state index contributed by atoms with van der Waals surface area (Å²) in [6, 6.07) is 0. The van der Waals surface area contributed by atoms with Crippen LogP contribution in [0.3, 0.4) is 0 Å². The molecule has 0 aromatic carbocycles. The Morgan fingerprint density at radius 1 is 1.18 bits per heavy atom. The van der Waals surface area contributed by atoms with Crippen LogP contribution in [0.25, 0.3) is 0 Å². The van der Waals surface area contributed by atoms with Crippen LogP contribution < -0.4 is 0 Å². The van der Waals surface area contributed by atoms with Crippen LogP contribution in [0.5, 0.6) is 0 Å². The quantitative estimate of drug-likeness (QED) is 0.674. The third-order valence-corrected chi connectivity index (χ3v) is 3.22. The second-order valence-corrected chi connectivity index (χ2v) is 6.89. The zero-order chi connectivity index (χ0) is 13.6. The van der Waals surface area contributed by atoms with Crippen molar-refractivity contribution in [2.45, 2.75) is 61.0 Å². The highest BCUT2D eigenvalue weighted by molar-refractivity contribution is 7.27. The fraction of sp³-hybridized carbons (Fsp3) is 0.923. The van der Waals surface area contributed by atoms with Gasteiger partial charge >= 0.3 is 5.97 Å². The molecule has 0 aromatic rings. The van der Waals surface area contributed by atoms with Crippen molar-refractivity contribution in [3.05, 3.63) is 0 Å². The molecule has 2 atom stereocenters. The molecule has 0 aliphatic carbocycles. The largest absolute Gasteiger partial charge is 0.419 e. The van der Waals surface area contributed by atoms with E-state index in [0.29, 0.717) is 5.92 Å². The van der Waals surface area contributed by atoms with Crippen LogP contribution in [0.15, 0.2) is 0 Å². The average molecular weight is 262 g/mol. The summed E-state index contributed by atoms with van der Waals surface area (Å²) in [6.45, 7) is 14.4. The van der Waals surface area contributed by atoms with Crippen molar-refractivity contribution >= 4 is 15.0 Å². The van der Waals surface area contributed by atoms with Gasteiger partial charge < -0.3 is 9.05 Å². The van der Waals surface area contributed by atoms with Gasteiger partial charge in [0, 0.05) is 0 Å². The Hall–Kier alpha value is -0.140. The van der Waals surface area contributed by atoms with Gasteiger partial charge in [0.25, 0.3) is 0 Å². The van der Waals surface area contributed by atoms with Crippen LogP contribution >= 0.6 is 9.03 Å². The number of carbonyl (C=O) groups is 1. The minimum atomic E-state index is -0.185. The highest BCUT2D eigenvalue weighted by Crippen LogP contribution is 2.31. The molecule has 0 saturated carbocycles. The minimum absolute atomic E-state index is 0.0433. The zero-order valence-electron chi connectivity index (χ0n) is 12.2. The van der Waals surface area contributed by atoms with Gasteiger partial charge in [-0.15, -0.1) is 0 Å². The first kappa shape index (κ1) is 16.9. The summed E-state index contributed by atoms with van der Waals surface area (Å²) in [4.78, 5) is 11.9. The molecule has 0 heterocycles. The number of rotatable bonds is 6. The topological polar surface area (TPSA) is 35.5 Å². The Labute approximate surface area is 108 Å². The first-order valence-electron chi connectivity index (χ1n) is 6.25. The smallest absolute Gasteiger partial charge is 0.313 e. The fourth-order valence-corrected chi connectivity index (χ4v) is 1.96. The summed E-state index contributed by atoms with van der Waals surface area (Å²) < 4.78 is 10.4. The molecule has 0 spiro atoms. The lowest BCUT2D eigenvalue weighted by atomic mass is 9.80. The molecule has 0 radical (unpaired) electrons. The van der Waals surface area contributed by atoms with Gasteiger partial charge in [0.1, 0.15) is 0 Å². The van der Waals surface area contributed by atoms with E-state index in [4.69, 9.17) is 9.05 Å². The van der Waals surface area contributed by atoms with Gasteiger partial charge in [-0.1, -0.05) is 34.6 Å². The van der Waals surface area contributed by atoms with E-state index >= 15 is 0 Å². The maximum absolute atomic E-state index is 11.9. The second-order valence-electron chi connectivity index (χ2n) is 6.29. The first-order valence-corrected chi connectivity index (χ1v) is 7.06. The van der Waals surface area contributed by atoms with Gasteiger partial charge in [0.2, 0.25) is 9.03 Å². The van der Waals surface area contributed by atoms with E-state index in [1.807, 2.05) is 13.8 Å². The standard InChI is InChI=1S/C13H27O3P/c1-9(2)11(8-13(5,6)7)12(14)16-17-15-10(3)4/h9-11,17H,8H2,1-7H3. The molecule has 17 heavy (non-hydrogen) atoms. The predicted molar refractivity (Wildman–Crippen MR) is 73.0 cm³/mol. The zero-order valence-corrected chi connectivity index (χ0v) is 13.2. The van der Waals surface area contributed by atoms with E-state index < -0.39 is 0 Å². The molecule has 0 rings (SSSR count). The van der Waals surface area contributed by atoms with Crippen molar-refractivity contribution in [1.29, 1.82) is 0 Å². The van der Waals surface area contributed by atoms with E-state index in [1.54, 1.807) is 0 Å². The molecule has 0 fully saturated rings. The molecular weight excluding hydrogens is 235 g/mol. The van der Waals surface area contributed by atoms with Crippen LogP contribution in [0.1, 0.15) is 54.9 Å². The molecule has 102 valence electrons. The maximum atomic E-state index is 11.9. The minimum Gasteiger partial charge on any atom is -0.419 e. The molecular formula is C13H27O3P. The van der Waals surface area contributed by atoms with Gasteiger partial charge in [0.05, 0.1) is 12.0 Å². The van der Waals surface area contributed by atoms with Crippen LogP contribution in [0.4, 0.5) is 0 Å². The van der Waals surface area contributed by atoms with Gasteiger partial charge in [-0.3, -0.25) is 4.79 Å². The number of hydrogen-bond donors (Lipinski definition) is 0. The Balaban J connectivity index is 4.26. The molecule has 3 nitrogen and oxygen atoms in total. The van der Waals surface area contributed by atoms with Crippen molar-refractivity contribution in [1.82, 2.24) is 0 Å². The summed E-state index contributed by atoms with van der Waals surface area (Å²) in [5, 5.41) is 0. The predicted octanol–water partition coefficient (Wildman–Crippen LogP) is 4.17. The molecule has 0 bridgehead atoms. The molecule has 0 saturated heterocycles. The lowest BCUT2D eigenvalue weighted by molar-refractivity contribution is -0.141. The third-order valence-electron chi connectivity index (χ3n) is 2.37. The van der Waals surface area contributed by atoms with Gasteiger partial charge in [-0.2, -0.15) is 0 Å². The molecule has 0 amide bonds. The average Bonchev–Trinajstić information content (AvgIpc) is 2.11. The molecule has 0 aliphatic rings. The van der Waals surface area contributed by atoms with Gasteiger partial charge in [-0.25, -0.2) is 0 Å². The van der Waals surface area contributed by atoms with Crippen molar-refractivity contribution in [3.8, 4) is 0 Å². The SMILES string of the molecule is CC(C)OPOC(=O)C(CC(C)(C)C)C(C)C. The summed E-state index contributed by atoms with van der Waals surface area (Å²) in [7, 11) is -0.185. The molecule has 2 unspecified atom stereocenters. The summed E-state index contributed by atoms with van der Waals surface area (Å²) in [6.07, 6.45) is 0.941. The lowest BCUT2D eigenvalue weighted by Crippen LogP contribution is -2.26. The van der Waals surface area contributed by atoms with Crippen molar-refractivity contribution < 1.29 is 13.8 Å². The van der Waals surface area contributed by atoms with Crippen molar-refractivity contribution in [3.63, 3.8) is 0 Å². The van der Waals surface area contributed by atoms with Crippen LogP contribution in [-0.4, -0.2) is 12.1 Å². The van der Waals surface area contributed by atoms with Crippen molar-refractivity contribution in [2.24, 2.45) is 17.3 Å². The number of hydrogen-bond acceptors (Lipinski definition) is 3. The maximum Gasteiger partial charge on any atom is 0.313 e. The third kappa shape index (κ3) is 8.57. The lowest BCUT2D eigenvalue weighted by Gasteiger charge is -2.27. The Morgan fingerprint density at radius 2 is 1.71 bits per heavy atom. The normalized spacial score (nSPS) is 14.9. The van der Waals surface area contributed by atoms with Crippen molar-refractivity contribution in [2.75, 3.05) is 0 Å². The van der Waals surface area contributed by atoms with Crippen LogP contribution in [0.2, 0.25) is 0 Å².